The highest BCUT2D eigenvalue weighted by Gasteiger charge is 2.42. The predicted molar refractivity (Wildman–Crippen MR) is 134 cm³/mol. The van der Waals surface area contributed by atoms with E-state index in [0.717, 1.165) is 10.1 Å². The second kappa shape index (κ2) is 9.58. The first-order valence-electron chi connectivity index (χ1n) is 10.7. The van der Waals surface area contributed by atoms with Crippen LogP contribution in [-0.2, 0) is 4.43 Å². The van der Waals surface area contributed by atoms with Crippen LogP contribution in [0.15, 0.2) is 48.8 Å². The Morgan fingerprint density at radius 2 is 1.86 bits per heavy atom. The van der Waals surface area contributed by atoms with Crippen LogP contribution in [0.4, 0.5) is 0 Å². The standard InChI is InChI=1S/C24H35IN2OSi/c1-24(2,3)29(4,5)28-23(22-10-6-7-16-27(22)18-25)20-13-11-19(12-14-20)21-9-8-15-26-17-21/h8-9,11-15,17,22-23H,6-7,10,16,18H2,1-5H3/t22-,23-/m0/s1. The number of alkyl halides is 1. The fourth-order valence-corrected chi connectivity index (χ4v) is 5.90. The molecule has 1 fully saturated rings. The summed E-state index contributed by atoms with van der Waals surface area (Å²) in [5, 5.41) is 0.199. The summed E-state index contributed by atoms with van der Waals surface area (Å²) in [5.74, 6) is 0. The summed E-state index contributed by atoms with van der Waals surface area (Å²) < 4.78 is 8.15. The molecule has 0 amide bonds. The van der Waals surface area contributed by atoms with E-state index in [1.165, 1.54) is 36.9 Å². The Kier molecular flexibility index (Phi) is 7.57. The van der Waals surface area contributed by atoms with Crippen molar-refractivity contribution in [1.29, 1.82) is 0 Å². The van der Waals surface area contributed by atoms with Crippen molar-refractivity contribution in [2.24, 2.45) is 0 Å². The number of piperidine rings is 1. The zero-order valence-electron chi connectivity index (χ0n) is 18.5. The van der Waals surface area contributed by atoms with Crippen LogP contribution in [0.1, 0.15) is 51.7 Å². The summed E-state index contributed by atoms with van der Waals surface area (Å²) in [6.07, 6.45) is 7.69. The van der Waals surface area contributed by atoms with Gasteiger partial charge in [0.15, 0.2) is 8.32 Å². The molecule has 2 atom stereocenters. The summed E-state index contributed by atoms with van der Waals surface area (Å²) in [5.41, 5.74) is 3.68. The normalized spacial score (nSPS) is 19.9. The monoisotopic (exact) mass is 522 g/mol. The van der Waals surface area contributed by atoms with E-state index < -0.39 is 8.32 Å². The van der Waals surface area contributed by atoms with Crippen LogP contribution < -0.4 is 0 Å². The lowest BCUT2D eigenvalue weighted by atomic mass is 9.92. The highest BCUT2D eigenvalue weighted by molar-refractivity contribution is 14.1. The van der Waals surface area contributed by atoms with Gasteiger partial charge in [-0.2, -0.15) is 0 Å². The minimum absolute atomic E-state index is 0.133. The molecule has 1 aromatic carbocycles. The lowest BCUT2D eigenvalue weighted by Crippen LogP contribution is -2.49. The molecular weight excluding hydrogens is 487 g/mol. The molecule has 1 aliphatic rings. The molecule has 0 radical (unpaired) electrons. The van der Waals surface area contributed by atoms with E-state index >= 15 is 0 Å². The molecule has 0 saturated carbocycles. The minimum Gasteiger partial charge on any atom is -0.408 e. The molecule has 0 aliphatic carbocycles. The number of nitrogens with zero attached hydrogens (tertiary/aromatic N) is 2. The van der Waals surface area contributed by atoms with Crippen LogP contribution >= 0.6 is 22.6 Å². The van der Waals surface area contributed by atoms with Gasteiger partial charge in [-0.05, 0) is 60.3 Å². The van der Waals surface area contributed by atoms with E-state index in [9.17, 15) is 0 Å². The van der Waals surface area contributed by atoms with Gasteiger partial charge in [0.25, 0.3) is 0 Å². The molecule has 5 heteroatoms. The van der Waals surface area contributed by atoms with Crippen LogP contribution in [-0.4, -0.2) is 35.3 Å². The molecule has 3 nitrogen and oxygen atoms in total. The predicted octanol–water partition coefficient (Wildman–Crippen LogP) is 7.06. The third kappa shape index (κ3) is 5.49. The first-order chi connectivity index (χ1) is 13.7. The first-order valence-corrected chi connectivity index (χ1v) is 15.1. The topological polar surface area (TPSA) is 25.4 Å². The van der Waals surface area contributed by atoms with E-state index in [-0.39, 0.29) is 11.1 Å². The first kappa shape index (κ1) is 22.9. The average Bonchev–Trinajstić information content (AvgIpc) is 2.72. The van der Waals surface area contributed by atoms with Crippen molar-refractivity contribution in [2.75, 3.05) is 11.1 Å². The van der Waals surface area contributed by atoms with Gasteiger partial charge in [0, 0.05) is 18.4 Å². The Morgan fingerprint density at radius 3 is 2.45 bits per heavy atom. The number of likely N-dealkylation sites (tertiary alicyclic amines) is 1. The third-order valence-electron chi connectivity index (χ3n) is 6.63. The van der Waals surface area contributed by atoms with Gasteiger partial charge in [-0.1, -0.05) is 80.1 Å². The maximum atomic E-state index is 7.09. The summed E-state index contributed by atoms with van der Waals surface area (Å²) >= 11 is 2.52. The second-order valence-corrected chi connectivity index (χ2v) is 15.1. The van der Waals surface area contributed by atoms with Gasteiger partial charge in [0.1, 0.15) is 0 Å². The molecule has 29 heavy (non-hydrogen) atoms. The van der Waals surface area contributed by atoms with Crippen molar-refractivity contribution < 1.29 is 4.43 Å². The van der Waals surface area contributed by atoms with Gasteiger partial charge in [0.05, 0.1) is 10.7 Å². The molecule has 3 rings (SSSR count). The van der Waals surface area contributed by atoms with Crippen molar-refractivity contribution in [3.8, 4) is 11.1 Å². The fourth-order valence-electron chi connectivity index (χ4n) is 3.77. The van der Waals surface area contributed by atoms with E-state index in [1.54, 1.807) is 0 Å². The summed E-state index contributed by atoms with van der Waals surface area (Å²) in [4.78, 5) is 6.88. The summed E-state index contributed by atoms with van der Waals surface area (Å²) in [6, 6.07) is 13.6. The van der Waals surface area contributed by atoms with Gasteiger partial charge in [-0.25, -0.2) is 0 Å². The van der Waals surface area contributed by atoms with Crippen molar-refractivity contribution in [1.82, 2.24) is 9.88 Å². The van der Waals surface area contributed by atoms with Crippen molar-refractivity contribution >= 4 is 30.9 Å². The van der Waals surface area contributed by atoms with E-state index in [0.29, 0.717) is 6.04 Å². The number of pyridine rings is 1. The number of rotatable bonds is 6. The van der Waals surface area contributed by atoms with Crippen molar-refractivity contribution in [3.63, 3.8) is 0 Å². The van der Waals surface area contributed by atoms with Gasteiger partial charge in [0.2, 0.25) is 0 Å². The second-order valence-electron chi connectivity index (χ2n) is 9.66. The highest BCUT2D eigenvalue weighted by Crippen LogP contribution is 2.43. The molecule has 1 aromatic heterocycles. The van der Waals surface area contributed by atoms with E-state index in [1.807, 2.05) is 18.5 Å². The molecule has 2 aromatic rings. The lowest BCUT2D eigenvalue weighted by Gasteiger charge is -2.45. The van der Waals surface area contributed by atoms with Gasteiger partial charge >= 0.3 is 0 Å². The summed E-state index contributed by atoms with van der Waals surface area (Å²) in [6.45, 7) is 12.9. The minimum atomic E-state index is -1.89. The molecule has 158 valence electrons. The SMILES string of the molecule is CC(C)(C)[Si](C)(C)O[C@@H](c1ccc(-c2cccnc2)cc1)[C@@H]1CCCCN1CI. The van der Waals surface area contributed by atoms with E-state index in [2.05, 4.69) is 96.7 Å². The Labute approximate surface area is 191 Å². The Bertz CT molecular complexity index is 774. The van der Waals surface area contributed by atoms with Gasteiger partial charge in [-0.15, -0.1) is 0 Å². The number of benzene rings is 1. The van der Waals surface area contributed by atoms with Crippen LogP contribution in [0.25, 0.3) is 11.1 Å². The molecule has 0 spiro atoms. The number of aromatic nitrogens is 1. The lowest BCUT2D eigenvalue weighted by molar-refractivity contribution is 0.0459. The summed E-state index contributed by atoms with van der Waals surface area (Å²) in [7, 11) is -1.89. The quantitative estimate of drug-likeness (QED) is 0.176. The molecule has 0 bridgehead atoms. The van der Waals surface area contributed by atoms with Crippen LogP contribution in [0.3, 0.4) is 0 Å². The zero-order chi connectivity index (χ0) is 21.1. The molecular formula is C24H35IN2OSi. The van der Waals surface area contributed by atoms with Crippen LogP contribution in [0.2, 0.25) is 18.1 Å². The molecule has 1 aliphatic heterocycles. The highest BCUT2D eigenvalue weighted by atomic mass is 127. The third-order valence-corrected chi connectivity index (χ3v) is 12.0. The Balaban J connectivity index is 1.94. The van der Waals surface area contributed by atoms with Crippen molar-refractivity contribution in [3.05, 3.63) is 54.4 Å². The van der Waals surface area contributed by atoms with Crippen LogP contribution in [0.5, 0.6) is 0 Å². The Hall–Kier alpha value is -0.763. The average molecular weight is 523 g/mol. The maximum absolute atomic E-state index is 7.09. The molecule has 0 unspecified atom stereocenters. The number of hydrogen-bond acceptors (Lipinski definition) is 3. The smallest absolute Gasteiger partial charge is 0.192 e. The maximum Gasteiger partial charge on any atom is 0.192 e. The fraction of sp³-hybridized carbons (Fsp3) is 0.542. The Morgan fingerprint density at radius 1 is 1.14 bits per heavy atom. The molecule has 2 heterocycles. The van der Waals surface area contributed by atoms with Crippen LogP contribution in [0, 0.1) is 0 Å². The van der Waals surface area contributed by atoms with E-state index in [4.69, 9.17) is 4.43 Å². The van der Waals surface area contributed by atoms with Gasteiger partial charge < -0.3 is 4.43 Å². The largest absolute Gasteiger partial charge is 0.408 e. The zero-order valence-corrected chi connectivity index (χ0v) is 21.6. The number of halogens is 1. The molecule has 1 saturated heterocycles. The van der Waals surface area contributed by atoms with Gasteiger partial charge in [-0.3, -0.25) is 9.88 Å². The van der Waals surface area contributed by atoms with Crippen molar-refractivity contribution in [2.45, 2.75) is 70.3 Å². The number of hydrogen-bond donors (Lipinski definition) is 0. The molecule has 0 N–H and O–H groups in total.